The fraction of sp³-hybridized carbons (Fsp3) is 0.706. The SMILES string of the molecule is [2H]C([2H])(C#CC)C(C)[C@H](O)C=C[C@@H]1[C@H]2CC(=O)C[C@H]2C[C@H]1O. The van der Waals surface area contributed by atoms with E-state index in [1.165, 1.54) is 0 Å². The first-order valence-corrected chi connectivity index (χ1v) is 7.26. The van der Waals surface area contributed by atoms with Crippen LogP contribution in [0, 0.1) is 35.5 Å². The van der Waals surface area contributed by atoms with Gasteiger partial charge in [0.25, 0.3) is 0 Å². The molecule has 3 nitrogen and oxygen atoms in total. The van der Waals surface area contributed by atoms with Crippen molar-refractivity contribution >= 4 is 5.78 Å². The summed E-state index contributed by atoms with van der Waals surface area (Å²) in [7, 11) is 0. The average Bonchev–Trinajstić information content (AvgIpc) is 2.90. The molecule has 2 saturated carbocycles. The second kappa shape index (κ2) is 6.56. The van der Waals surface area contributed by atoms with Crippen LogP contribution in [0.3, 0.4) is 0 Å². The van der Waals surface area contributed by atoms with Crippen molar-refractivity contribution in [3.8, 4) is 11.8 Å². The minimum Gasteiger partial charge on any atom is -0.392 e. The summed E-state index contributed by atoms with van der Waals surface area (Å²) in [6.45, 7) is 3.19. The molecule has 0 aromatic heterocycles. The Kier molecular flexibility index (Phi) is 4.14. The molecule has 0 saturated heterocycles. The van der Waals surface area contributed by atoms with Gasteiger partial charge in [0.2, 0.25) is 0 Å². The second-order valence-corrected chi connectivity index (χ2v) is 5.93. The van der Waals surface area contributed by atoms with Crippen molar-refractivity contribution in [2.45, 2.75) is 51.7 Å². The lowest BCUT2D eigenvalue weighted by Gasteiger charge is -2.18. The maximum atomic E-state index is 11.5. The van der Waals surface area contributed by atoms with Crippen molar-refractivity contribution in [1.82, 2.24) is 0 Å². The quantitative estimate of drug-likeness (QED) is 0.610. The van der Waals surface area contributed by atoms with Crippen molar-refractivity contribution in [1.29, 1.82) is 0 Å². The van der Waals surface area contributed by atoms with E-state index in [9.17, 15) is 15.0 Å². The molecule has 3 heteroatoms. The summed E-state index contributed by atoms with van der Waals surface area (Å²) >= 11 is 0. The molecular formula is C17H24O3. The zero-order chi connectivity index (χ0) is 16.5. The molecule has 6 atom stereocenters. The van der Waals surface area contributed by atoms with Gasteiger partial charge in [-0.25, -0.2) is 0 Å². The fourth-order valence-electron chi connectivity index (χ4n) is 3.37. The van der Waals surface area contributed by atoms with Crippen molar-refractivity contribution in [3.63, 3.8) is 0 Å². The van der Waals surface area contributed by atoms with Crippen LogP contribution < -0.4 is 0 Å². The number of carbonyl (C=O) groups is 1. The molecule has 2 fully saturated rings. The Labute approximate surface area is 123 Å². The number of fused-ring (bicyclic) bond motifs is 1. The highest BCUT2D eigenvalue weighted by Crippen LogP contribution is 2.46. The van der Waals surface area contributed by atoms with Crippen LogP contribution in [0.5, 0.6) is 0 Å². The molecule has 1 unspecified atom stereocenters. The third-order valence-electron chi connectivity index (χ3n) is 4.51. The molecule has 20 heavy (non-hydrogen) atoms. The monoisotopic (exact) mass is 278 g/mol. The molecule has 2 N–H and O–H groups in total. The first kappa shape index (κ1) is 12.6. The van der Waals surface area contributed by atoms with E-state index in [-0.39, 0.29) is 23.5 Å². The minimum atomic E-state index is -1.77. The van der Waals surface area contributed by atoms with Crippen molar-refractivity contribution < 1.29 is 17.7 Å². The predicted molar refractivity (Wildman–Crippen MR) is 77.7 cm³/mol. The van der Waals surface area contributed by atoms with Gasteiger partial charge in [0, 0.05) is 27.9 Å². The van der Waals surface area contributed by atoms with Gasteiger partial charge in [0.1, 0.15) is 5.78 Å². The number of carbonyl (C=O) groups excluding carboxylic acids is 1. The maximum absolute atomic E-state index is 11.5. The lowest BCUT2D eigenvalue weighted by Crippen LogP contribution is -2.20. The number of hydrogen-bond acceptors (Lipinski definition) is 3. The number of hydrogen-bond donors (Lipinski definition) is 2. The van der Waals surface area contributed by atoms with Crippen molar-refractivity contribution in [3.05, 3.63) is 12.2 Å². The Morgan fingerprint density at radius 2 is 2.30 bits per heavy atom. The Hall–Kier alpha value is -1.11. The molecule has 110 valence electrons. The molecular weight excluding hydrogens is 252 g/mol. The van der Waals surface area contributed by atoms with E-state index < -0.39 is 24.5 Å². The van der Waals surface area contributed by atoms with Gasteiger partial charge in [-0.15, -0.1) is 11.8 Å². The molecule has 0 bridgehead atoms. The first-order valence-electron chi connectivity index (χ1n) is 8.26. The molecule has 0 spiro atoms. The standard InChI is InChI=1S/C17H24O3/c1-3-4-5-11(2)16(19)7-6-14-15-10-13(18)8-12(15)9-17(14)20/h6-7,11-12,14-17,19-20H,5,8-10H2,1-2H3/t11?,12-,14+,15-,16+,17+/m0/s1/i5D2. The summed E-state index contributed by atoms with van der Waals surface area (Å²) in [4.78, 5) is 11.5. The van der Waals surface area contributed by atoms with Crippen LogP contribution in [0.2, 0.25) is 0 Å². The lowest BCUT2D eigenvalue weighted by molar-refractivity contribution is -0.118. The van der Waals surface area contributed by atoms with Gasteiger partial charge in [-0.1, -0.05) is 19.1 Å². The molecule has 0 heterocycles. The van der Waals surface area contributed by atoms with Gasteiger partial charge in [-0.3, -0.25) is 4.79 Å². The topological polar surface area (TPSA) is 57.5 Å². The maximum Gasteiger partial charge on any atom is 0.133 e. The third-order valence-corrected chi connectivity index (χ3v) is 4.51. The van der Waals surface area contributed by atoms with E-state index in [2.05, 4.69) is 11.8 Å². The summed E-state index contributed by atoms with van der Waals surface area (Å²) < 4.78 is 15.7. The van der Waals surface area contributed by atoms with E-state index in [0.717, 1.165) is 0 Å². The Morgan fingerprint density at radius 3 is 3.00 bits per heavy atom. The van der Waals surface area contributed by atoms with Gasteiger partial charge >= 0.3 is 0 Å². The van der Waals surface area contributed by atoms with Crippen LogP contribution in [0.15, 0.2) is 12.2 Å². The molecule has 0 aliphatic heterocycles. The molecule has 2 rings (SSSR count). The summed E-state index contributed by atoms with van der Waals surface area (Å²) in [5.74, 6) is 4.90. The van der Waals surface area contributed by atoms with E-state index in [1.54, 1.807) is 26.0 Å². The molecule has 0 amide bonds. The van der Waals surface area contributed by atoms with Crippen molar-refractivity contribution in [2.24, 2.45) is 23.7 Å². The highest BCUT2D eigenvalue weighted by atomic mass is 16.3. The van der Waals surface area contributed by atoms with Gasteiger partial charge in [0.05, 0.1) is 12.2 Å². The molecule has 0 aromatic rings. The fourth-order valence-corrected chi connectivity index (χ4v) is 3.37. The Balaban J connectivity index is 2.04. The van der Waals surface area contributed by atoms with Crippen LogP contribution in [-0.2, 0) is 4.79 Å². The summed E-state index contributed by atoms with van der Waals surface area (Å²) in [5, 5.41) is 20.3. The van der Waals surface area contributed by atoms with Crippen LogP contribution >= 0.6 is 0 Å². The molecule has 2 aliphatic rings. The molecule has 0 aromatic carbocycles. The molecule has 0 radical (unpaired) electrons. The second-order valence-electron chi connectivity index (χ2n) is 5.93. The smallest absolute Gasteiger partial charge is 0.133 e. The average molecular weight is 278 g/mol. The first-order chi connectivity index (χ1) is 10.3. The van der Waals surface area contributed by atoms with E-state index in [0.29, 0.717) is 19.3 Å². The van der Waals surface area contributed by atoms with Gasteiger partial charge in [-0.2, -0.15) is 0 Å². The van der Waals surface area contributed by atoms with E-state index in [1.807, 2.05) is 0 Å². The predicted octanol–water partition coefficient (Wildman–Crippen LogP) is 1.93. The minimum absolute atomic E-state index is 0.124. The summed E-state index contributed by atoms with van der Waals surface area (Å²) in [6, 6.07) is 0. The third kappa shape index (κ3) is 3.31. The Bertz CT molecular complexity index is 518. The lowest BCUT2D eigenvalue weighted by atomic mass is 9.90. The van der Waals surface area contributed by atoms with Crippen LogP contribution in [-0.4, -0.2) is 28.2 Å². The van der Waals surface area contributed by atoms with Gasteiger partial charge in [-0.05, 0) is 31.1 Å². The van der Waals surface area contributed by atoms with Crippen molar-refractivity contribution in [2.75, 3.05) is 0 Å². The number of rotatable bonds is 4. The largest absolute Gasteiger partial charge is 0.392 e. The summed E-state index contributed by atoms with van der Waals surface area (Å²) in [6.07, 6.45) is 1.80. The highest BCUT2D eigenvalue weighted by Gasteiger charge is 2.46. The normalized spacial score (nSPS) is 37.9. The molecule has 2 aliphatic carbocycles. The highest BCUT2D eigenvalue weighted by molar-refractivity contribution is 5.81. The van der Waals surface area contributed by atoms with Gasteiger partial charge < -0.3 is 10.2 Å². The van der Waals surface area contributed by atoms with E-state index in [4.69, 9.17) is 2.74 Å². The number of ketones is 1. The van der Waals surface area contributed by atoms with Crippen LogP contribution in [0.1, 0.15) is 42.2 Å². The van der Waals surface area contributed by atoms with Crippen LogP contribution in [0.4, 0.5) is 0 Å². The number of Topliss-reactive ketones (excluding diaryl/α,β-unsaturated/α-hetero) is 1. The number of aliphatic hydroxyl groups is 2. The zero-order valence-electron chi connectivity index (χ0n) is 14.0. The van der Waals surface area contributed by atoms with Gasteiger partial charge in [0.15, 0.2) is 0 Å². The van der Waals surface area contributed by atoms with E-state index >= 15 is 0 Å². The Morgan fingerprint density at radius 1 is 1.55 bits per heavy atom. The summed E-state index contributed by atoms with van der Waals surface area (Å²) in [5.41, 5.74) is 0. The zero-order valence-corrected chi connectivity index (χ0v) is 12.0. The number of aliphatic hydroxyl groups excluding tert-OH is 2. The van der Waals surface area contributed by atoms with Crippen LogP contribution in [0.25, 0.3) is 0 Å².